The molecule has 0 radical (unpaired) electrons. The van der Waals surface area contributed by atoms with Crippen molar-refractivity contribution in [3.8, 4) is 0 Å². The Hall–Kier alpha value is -1.62. The van der Waals surface area contributed by atoms with Crippen molar-refractivity contribution in [1.29, 1.82) is 0 Å². The Morgan fingerprint density at radius 2 is 2.30 bits per heavy atom. The van der Waals surface area contributed by atoms with Gasteiger partial charge in [-0.2, -0.15) is 0 Å². The predicted molar refractivity (Wildman–Crippen MR) is 79.0 cm³/mol. The number of pyridine rings is 1. The standard InChI is InChI=1S/C15H23N3O2/c1-11-7-14(19)13(10-17(11)2)15(20)18(3)9-12-5-4-6-16-8-12/h7,10,12,16H,4-6,8-9H2,1-3H3. The van der Waals surface area contributed by atoms with Crippen LogP contribution in [0.5, 0.6) is 0 Å². The van der Waals surface area contributed by atoms with Crippen LogP contribution in [-0.2, 0) is 7.05 Å². The first-order chi connectivity index (χ1) is 9.49. The molecule has 1 aliphatic heterocycles. The number of nitrogens with one attached hydrogen (secondary N) is 1. The molecule has 1 N–H and O–H groups in total. The van der Waals surface area contributed by atoms with Crippen LogP contribution in [0.2, 0.25) is 0 Å². The number of aromatic nitrogens is 1. The third-order valence-corrected chi connectivity index (χ3v) is 3.99. The van der Waals surface area contributed by atoms with Crippen LogP contribution in [0.15, 0.2) is 17.1 Å². The Balaban J connectivity index is 2.10. The van der Waals surface area contributed by atoms with E-state index in [0.717, 1.165) is 31.6 Å². The number of rotatable bonds is 3. The second-order valence-electron chi connectivity index (χ2n) is 5.70. The van der Waals surface area contributed by atoms with Gasteiger partial charge in [0.1, 0.15) is 5.56 Å². The topological polar surface area (TPSA) is 54.3 Å². The Bertz CT molecular complexity index is 545. The molecular formula is C15H23N3O2. The number of hydrogen-bond acceptors (Lipinski definition) is 3. The SMILES string of the molecule is Cc1cc(=O)c(C(=O)N(C)CC2CCCNC2)cn1C. The lowest BCUT2D eigenvalue weighted by molar-refractivity contribution is 0.0762. The molecule has 0 aromatic carbocycles. The number of amides is 1. The lowest BCUT2D eigenvalue weighted by atomic mass is 9.99. The molecule has 0 aliphatic carbocycles. The Labute approximate surface area is 119 Å². The lowest BCUT2D eigenvalue weighted by Gasteiger charge is -2.27. The maximum atomic E-state index is 12.4. The fourth-order valence-corrected chi connectivity index (χ4v) is 2.64. The summed E-state index contributed by atoms with van der Waals surface area (Å²) in [4.78, 5) is 26.0. The summed E-state index contributed by atoms with van der Waals surface area (Å²) in [6.07, 6.45) is 3.92. The van der Waals surface area contributed by atoms with E-state index >= 15 is 0 Å². The first-order valence-corrected chi connectivity index (χ1v) is 7.12. The van der Waals surface area contributed by atoms with Crippen molar-refractivity contribution in [2.24, 2.45) is 13.0 Å². The van der Waals surface area contributed by atoms with E-state index < -0.39 is 0 Å². The number of nitrogens with zero attached hydrogens (tertiary/aromatic N) is 2. The van der Waals surface area contributed by atoms with Crippen molar-refractivity contribution >= 4 is 5.91 Å². The van der Waals surface area contributed by atoms with Crippen LogP contribution in [0.3, 0.4) is 0 Å². The molecule has 1 unspecified atom stereocenters. The first-order valence-electron chi connectivity index (χ1n) is 7.12. The molecule has 0 spiro atoms. The maximum absolute atomic E-state index is 12.4. The van der Waals surface area contributed by atoms with Gasteiger partial charge in [0.15, 0.2) is 5.43 Å². The van der Waals surface area contributed by atoms with E-state index in [9.17, 15) is 9.59 Å². The minimum Gasteiger partial charge on any atom is -0.354 e. The summed E-state index contributed by atoms with van der Waals surface area (Å²) < 4.78 is 1.81. The van der Waals surface area contributed by atoms with Gasteiger partial charge in [0, 0.05) is 38.6 Å². The van der Waals surface area contributed by atoms with Gasteiger partial charge in [-0.25, -0.2) is 0 Å². The fraction of sp³-hybridized carbons (Fsp3) is 0.600. The van der Waals surface area contributed by atoms with Gasteiger partial charge in [-0.1, -0.05) is 0 Å². The van der Waals surface area contributed by atoms with E-state index in [0.29, 0.717) is 12.5 Å². The minimum absolute atomic E-state index is 0.184. The van der Waals surface area contributed by atoms with Crippen molar-refractivity contribution in [3.63, 3.8) is 0 Å². The average molecular weight is 277 g/mol. The van der Waals surface area contributed by atoms with E-state index in [2.05, 4.69) is 5.32 Å². The number of carbonyl (C=O) groups excluding carboxylic acids is 1. The molecule has 1 aromatic heterocycles. The fourth-order valence-electron chi connectivity index (χ4n) is 2.64. The molecule has 110 valence electrons. The van der Waals surface area contributed by atoms with Crippen molar-refractivity contribution in [2.75, 3.05) is 26.7 Å². The van der Waals surface area contributed by atoms with Crippen LogP contribution in [0.1, 0.15) is 28.9 Å². The predicted octanol–water partition coefficient (Wildman–Crippen LogP) is 0.765. The van der Waals surface area contributed by atoms with Gasteiger partial charge in [-0.15, -0.1) is 0 Å². The van der Waals surface area contributed by atoms with Crippen molar-refractivity contribution < 1.29 is 4.79 Å². The molecule has 2 rings (SSSR count). The number of carbonyl (C=O) groups is 1. The molecule has 0 bridgehead atoms. The molecule has 1 atom stereocenters. The zero-order valence-corrected chi connectivity index (χ0v) is 12.5. The molecule has 1 saturated heterocycles. The maximum Gasteiger partial charge on any atom is 0.259 e. The Morgan fingerprint density at radius 1 is 1.55 bits per heavy atom. The molecule has 2 heterocycles. The molecule has 5 nitrogen and oxygen atoms in total. The van der Waals surface area contributed by atoms with Gasteiger partial charge in [0.05, 0.1) is 0 Å². The summed E-state index contributed by atoms with van der Waals surface area (Å²) in [6.45, 7) is 4.56. The molecule has 1 fully saturated rings. The summed E-state index contributed by atoms with van der Waals surface area (Å²) in [6, 6.07) is 1.52. The molecular weight excluding hydrogens is 254 g/mol. The molecule has 5 heteroatoms. The van der Waals surface area contributed by atoms with E-state index in [1.54, 1.807) is 18.1 Å². The summed E-state index contributed by atoms with van der Waals surface area (Å²) in [5.41, 5.74) is 0.911. The highest BCUT2D eigenvalue weighted by atomic mass is 16.2. The van der Waals surface area contributed by atoms with E-state index in [1.165, 1.54) is 6.07 Å². The van der Waals surface area contributed by atoms with Crippen molar-refractivity contribution in [3.05, 3.63) is 33.7 Å². The Kier molecular flexibility index (Phi) is 4.60. The Morgan fingerprint density at radius 3 is 2.95 bits per heavy atom. The van der Waals surface area contributed by atoms with Crippen LogP contribution < -0.4 is 10.7 Å². The number of piperidine rings is 1. The van der Waals surface area contributed by atoms with Gasteiger partial charge in [-0.05, 0) is 38.8 Å². The van der Waals surface area contributed by atoms with E-state index in [1.807, 2.05) is 18.5 Å². The van der Waals surface area contributed by atoms with Gasteiger partial charge < -0.3 is 14.8 Å². The third kappa shape index (κ3) is 3.28. The van der Waals surface area contributed by atoms with Crippen LogP contribution in [0.25, 0.3) is 0 Å². The van der Waals surface area contributed by atoms with Crippen LogP contribution in [0.4, 0.5) is 0 Å². The number of aryl methyl sites for hydroxylation is 2. The highest BCUT2D eigenvalue weighted by Gasteiger charge is 2.20. The average Bonchev–Trinajstić information content (AvgIpc) is 2.43. The molecule has 0 saturated carbocycles. The molecule has 20 heavy (non-hydrogen) atoms. The summed E-state index contributed by atoms with van der Waals surface area (Å²) >= 11 is 0. The molecule has 1 aliphatic rings. The van der Waals surface area contributed by atoms with Crippen molar-refractivity contribution in [1.82, 2.24) is 14.8 Å². The van der Waals surface area contributed by atoms with E-state index in [-0.39, 0.29) is 16.9 Å². The highest BCUT2D eigenvalue weighted by Crippen LogP contribution is 2.12. The van der Waals surface area contributed by atoms with Gasteiger partial charge in [0.2, 0.25) is 0 Å². The summed E-state index contributed by atoms with van der Waals surface area (Å²) in [7, 11) is 3.62. The van der Waals surface area contributed by atoms with Crippen molar-refractivity contribution in [2.45, 2.75) is 19.8 Å². The summed E-state index contributed by atoms with van der Waals surface area (Å²) in [5.74, 6) is 0.295. The van der Waals surface area contributed by atoms with Gasteiger partial charge >= 0.3 is 0 Å². The van der Waals surface area contributed by atoms with Gasteiger partial charge in [-0.3, -0.25) is 9.59 Å². The molecule has 1 amide bonds. The normalized spacial score (nSPS) is 18.9. The van der Waals surface area contributed by atoms with E-state index in [4.69, 9.17) is 0 Å². The monoisotopic (exact) mass is 277 g/mol. The number of hydrogen-bond donors (Lipinski definition) is 1. The first kappa shape index (κ1) is 14.8. The highest BCUT2D eigenvalue weighted by molar-refractivity contribution is 5.93. The van der Waals surface area contributed by atoms with Crippen LogP contribution in [-0.4, -0.2) is 42.1 Å². The van der Waals surface area contributed by atoms with Gasteiger partial charge in [0.25, 0.3) is 5.91 Å². The quantitative estimate of drug-likeness (QED) is 0.887. The van der Waals surface area contributed by atoms with Crippen LogP contribution in [0, 0.1) is 12.8 Å². The second kappa shape index (κ2) is 6.22. The molecule has 1 aromatic rings. The summed E-state index contributed by atoms with van der Waals surface area (Å²) in [5, 5.41) is 3.34. The second-order valence-corrected chi connectivity index (χ2v) is 5.70. The largest absolute Gasteiger partial charge is 0.354 e. The smallest absolute Gasteiger partial charge is 0.259 e. The minimum atomic E-state index is -0.195. The lowest BCUT2D eigenvalue weighted by Crippen LogP contribution is -2.40. The zero-order chi connectivity index (χ0) is 14.7. The van der Waals surface area contributed by atoms with Crippen LogP contribution >= 0.6 is 0 Å². The third-order valence-electron chi connectivity index (χ3n) is 3.99. The zero-order valence-electron chi connectivity index (χ0n) is 12.5.